The monoisotopic (exact) mass is 320 g/mol. The van der Waals surface area contributed by atoms with Crippen LogP contribution in [0.15, 0.2) is 58.3 Å². The predicted molar refractivity (Wildman–Crippen MR) is 83.5 cm³/mol. The molecule has 0 atom stereocenters. The summed E-state index contributed by atoms with van der Waals surface area (Å²) in [7, 11) is 0. The molecule has 0 heterocycles. The number of benzene rings is 2. The van der Waals surface area contributed by atoms with Crippen LogP contribution in [0, 0.1) is 0 Å². The van der Waals surface area contributed by atoms with Crippen molar-refractivity contribution in [1.82, 2.24) is 5.32 Å². The smallest absolute Gasteiger partial charge is 0.252 e. The maximum atomic E-state index is 12.1. The van der Waals surface area contributed by atoms with Crippen LogP contribution in [0.25, 0.3) is 0 Å². The van der Waals surface area contributed by atoms with Gasteiger partial charge >= 0.3 is 0 Å². The molecule has 2 amide bonds. The van der Waals surface area contributed by atoms with Crippen molar-refractivity contribution < 1.29 is 9.59 Å². The van der Waals surface area contributed by atoms with E-state index in [2.05, 4.69) is 5.32 Å². The number of halogens is 1. The van der Waals surface area contributed by atoms with Crippen molar-refractivity contribution in [2.24, 2.45) is 5.73 Å². The lowest BCUT2D eigenvalue weighted by atomic mass is 10.2. The summed E-state index contributed by atoms with van der Waals surface area (Å²) < 4.78 is 0. The second-order valence-corrected chi connectivity index (χ2v) is 5.76. The molecule has 3 N–H and O–H groups in total. The number of carbonyl (C=O) groups is 2. The Labute approximate surface area is 131 Å². The summed E-state index contributed by atoms with van der Waals surface area (Å²) in [5.74, 6) is -0.975. The van der Waals surface area contributed by atoms with E-state index in [-0.39, 0.29) is 12.5 Å². The van der Waals surface area contributed by atoms with Gasteiger partial charge in [-0.05, 0) is 30.3 Å². The van der Waals surface area contributed by atoms with Crippen LogP contribution in [0.4, 0.5) is 0 Å². The molecule has 0 aliphatic heterocycles. The molecule has 0 saturated carbocycles. The van der Waals surface area contributed by atoms with E-state index in [4.69, 9.17) is 17.3 Å². The number of amides is 2. The molecule has 2 aromatic carbocycles. The maximum absolute atomic E-state index is 12.1. The summed E-state index contributed by atoms with van der Waals surface area (Å²) in [6, 6.07) is 14.7. The Morgan fingerprint density at radius 3 is 2.52 bits per heavy atom. The highest BCUT2D eigenvalue weighted by Gasteiger charge is 2.13. The van der Waals surface area contributed by atoms with Crippen molar-refractivity contribution in [1.29, 1.82) is 0 Å². The summed E-state index contributed by atoms with van der Waals surface area (Å²) in [6.45, 7) is -0.208. The van der Waals surface area contributed by atoms with Crippen LogP contribution in [0.2, 0.25) is 5.02 Å². The summed E-state index contributed by atoms with van der Waals surface area (Å²) in [5, 5.41) is 2.92. The zero-order valence-electron chi connectivity index (χ0n) is 11.0. The molecule has 0 spiro atoms. The summed E-state index contributed by atoms with van der Waals surface area (Å²) in [4.78, 5) is 24.6. The Hall–Kier alpha value is -1.98. The zero-order valence-corrected chi connectivity index (χ0v) is 12.6. The zero-order chi connectivity index (χ0) is 15.2. The lowest BCUT2D eigenvalue weighted by Gasteiger charge is -2.09. The van der Waals surface area contributed by atoms with Crippen molar-refractivity contribution >= 4 is 35.2 Å². The van der Waals surface area contributed by atoms with Crippen LogP contribution in [-0.2, 0) is 4.79 Å². The van der Waals surface area contributed by atoms with Crippen LogP contribution < -0.4 is 11.1 Å². The van der Waals surface area contributed by atoms with Gasteiger partial charge in [0, 0.05) is 14.8 Å². The second kappa shape index (κ2) is 7.15. The highest BCUT2D eigenvalue weighted by Crippen LogP contribution is 2.31. The van der Waals surface area contributed by atoms with Gasteiger partial charge in [0.1, 0.15) is 0 Å². The van der Waals surface area contributed by atoms with E-state index in [9.17, 15) is 9.59 Å². The van der Waals surface area contributed by atoms with Gasteiger partial charge in [0.2, 0.25) is 5.91 Å². The number of hydrogen-bond donors (Lipinski definition) is 2. The molecule has 0 aliphatic carbocycles. The molecule has 2 rings (SSSR count). The minimum Gasteiger partial charge on any atom is -0.368 e. The van der Waals surface area contributed by atoms with E-state index < -0.39 is 5.91 Å². The van der Waals surface area contributed by atoms with Gasteiger partial charge in [0.05, 0.1) is 12.1 Å². The van der Waals surface area contributed by atoms with Gasteiger partial charge in [0.25, 0.3) is 5.91 Å². The van der Waals surface area contributed by atoms with Crippen LogP contribution in [0.1, 0.15) is 10.4 Å². The average molecular weight is 321 g/mol. The number of nitrogens with two attached hydrogens (primary N) is 1. The summed E-state index contributed by atoms with van der Waals surface area (Å²) in [6.07, 6.45) is 0. The molecule has 0 aromatic heterocycles. The fourth-order valence-corrected chi connectivity index (χ4v) is 2.76. The molecular formula is C15H13ClN2O2S. The largest absolute Gasteiger partial charge is 0.368 e. The van der Waals surface area contributed by atoms with Crippen LogP contribution in [-0.4, -0.2) is 18.4 Å². The Morgan fingerprint density at radius 2 is 1.86 bits per heavy atom. The fourth-order valence-electron chi connectivity index (χ4n) is 1.65. The average Bonchev–Trinajstić information content (AvgIpc) is 2.47. The third-order valence-corrected chi connectivity index (χ3v) is 3.90. The van der Waals surface area contributed by atoms with Gasteiger partial charge in [-0.3, -0.25) is 9.59 Å². The molecule has 0 saturated heterocycles. The number of primary amides is 1. The number of rotatable bonds is 5. The lowest BCUT2D eigenvalue weighted by Crippen LogP contribution is -2.33. The molecule has 0 aliphatic rings. The first kappa shape index (κ1) is 15.4. The second-order valence-electron chi connectivity index (χ2n) is 4.20. The van der Waals surface area contributed by atoms with Gasteiger partial charge in [-0.1, -0.05) is 41.6 Å². The SMILES string of the molecule is NC(=O)CNC(=O)c1cc(Cl)ccc1Sc1ccccc1. The first-order valence-electron chi connectivity index (χ1n) is 6.15. The molecular weight excluding hydrogens is 308 g/mol. The fraction of sp³-hybridized carbons (Fsp3) is 0.0667. The van der Waals surface area contributed by atoms with E-state index in [0.29, 0.717) is 10.6 Å². The Kier molecular flexibility index (Phi) is 5.25. The van der Waals surface area contributed by atoms with Gasteiger partial charge in [-0.2, -0.15) is 0 Å². The van der Waals surface area contributed by atoms with Gasteiger partial charge in [-0.15, -0.1) is 0 Å². The maximum Gasteiger partial charge on any atom is 0.252 e. The minimum absolute atomic E-state index is 0.208. The first-order chi connectivity index (χ1) is 10.1. The molecule has 0 fully saturated rings. The van der Waals surface area contributed by atoms with Crippen molar-refractivity contribution in [3.05, 3.63) is 59.1 Å². The predicted octanol–water partition coefficient (Wildman–Crippen LogP) is 2.71. The minimum atomic E-state index is -0.595. The molecule has 0 bridgehead atoms. The van der Waals surface area contributed by atoms with Crippen LogP contribution in [0.5, 0.6) is 0 Å². The van der Waals surface area contributed by atoms with Gasteiger partial charge in [-0.25, -0.2) is 0 Å². The molecule has 0 unspecified atom stereocenters. The molecule has 108 valence electrons. The van der Waals surface area contributed by atoms with Crippen molar-refractivity contribution in [3.8, 4) is 0 Å². The standard InChI is InChI=1S/C15H13ClN2O2S/c16-10-6-7-13(21-11-4-2-1-3-5-11)12(8-10)15(20)18-9-14(17)19/h1-8H,9H2,(H2,17,19)(H,18,20). The molecule has 6 heteroatoms. The topological polar surface area (TPSA) is 72.2 Å². The Bertz CT molecular complexity index is 662. The van der Waals surface area contributed by atoms with Gasteiger partial charge < -0.3 is 11.1 Å². The van der Waals surface area contributed by atoms with E-state index >= 15 is 0 Å². The number of hydrogen-bond acceptors (Lipinski definition) is 3. The van der Waals surface area contributed by atoms with Crippen LogP contribution >= 0.6 is 23.4 Å². The van der Waals surface area contributed by atoms with Gasteiger partial charge in [0.15, 0.2) is 0 Å². The van der Waals surface area contributed by atoms with E-state index in [1.165, 1.54) is 11.8 Å². The highest BCUT2D eigenvalue weighted by molar-refractivity contribution is 7.99. The molecule has 2 aromatic rings. The highest BCUT2D eigenvalue weighted by atomic mass is 35.5. The van der Waals surface area contributed by atoms with E-state index in [0.717, 1.165) is 9.79 Å². The normalized spacial score (nSPS) is 10.1. The van der Waals surface area contributed by atoms with Crippen molar-refractivity contribution in [3.63, 3.8) is 0 Å². The van der Waals surface area contributed by atoms with Crippen molar-refractivity contribution in [2.75, 3.05) is 6.54 Å². The molecule has 21 heavy (non-hydrogen) atoms. The summed E-state index contributed by atoms with van der Waals surface area (Å²) in [5.41, 5.74) is 5.44. The van der Waals surface area contributed by atoms with E-state index in [1.807, 2.05) is 30.3 Å². The van der Waals surface area contributed by atoms with Crippen LogP contribution in [0.3, 0.4) is 0 Å². The third-order valence-electron chi connectivity index (χ3n) is 2.58. The summed E-state index contributed by atoms with van der Waals surface area (Å²) >= 11 is 7.40. The first-order valence-corrected chi connectivity index (χ1v) is 7.34. The quantitative estimate of drug-likeness (QED) is 0.889. The molecule has 0 radical (unpaired) electrons. The Morgan fingerprint density at radius 1 is 1.14 bits per heavy atom. The Balaban J connectivity index is 2.25. The molecule has 4 nitrogen and oxygen atoms in total. The third kappa shape index (κ3) is 4.51. The van der Waals surface area contributed by atoms with E-state index in [1.54, 1.807) is 18.2 Å². The van der Waals surface area contributed by atoms with Crippen molar-refractivity contribution in [2.45, 2.75) is 9.79 Å². The number of carbonyl (C=O) groups excluding carboxylic acids is 2. The lowest BCUT2D eigenvalue weighted by molar-refractivity contribution is -0.117. The number of nitrogens with one attached hydrogen (secondary N) is 1.